The van der Waals surface area contributed by atoms with Gasteiger partial charge in [0.15, 0.2) is 0 Å². The number of likely N-dealkylation sites (N-methyl/N-ethyl adjacent to an activating group) is 1. The van der Waals surface area contributed by atoms with Gasteiger partial charge in [0.25, 0.3) is 0 Å². The highest BCUT2D eigenvalue weighted by atomic mass is 15.2. The van der Waals surface area contributed by atoms with Crippen molar-refractivity contribution in [2.24, 2.45) is 17.8 Å². The van der Waals surface area contributed by atoms with Crippen molar-refractivity contribution < 1.29 is 0 Å². The highest BCUT2D eigenvalue weighted by Gasteiger charge is 2.32. The van der Waals surface area contributed by atoms with E-state index in [2.05, 4.69) is 31.0 Å². The predicted molar refractivity (Wildman–Crippen MR) is 83.4 cm³/mol. The van der Waals surface area contributed by atoms with E-state index in [1.165, 1.54) is 58.2 Å². The molecule has 2 nitrogen and oxygen atoms in total. The molecular formula is C17H34N2. The van der Waals surface area contributed by atoms with E-state index in [4.69, 9.17) is 0 Å². The molecule has 0 aromatic heterocycles. The normalized spacial score (nSPS) is 31.7. The molecule has 19 heavy (non-hydrogen) atoms. The fourth-order valence-corrected chi connectivity index (χ4v) is 4.11. The smallest absolute Gasteiger partial charge is 0.0220 e. The molecule has 1 aliphatic carbocycles. The topological polar surface area (TPSA) is 15.3 Å². The quantitative estimate of drug-likeness (QED) is 0.791. The molecule has 1 saturated heterocycles. The summed E-state index contributed by atoms with van der Waals surface area (Å²) in [5.74, 6) is 2.87. The summed E-state index contributed by atoms with van der Waals surface area (Å²) in [5, 5.41) is 3.71. The van der Waals surface area contributed by atoms with Gasteiger partial charge in [0, 0.05) is 19.1 Å². The third-order valence-electron chi connectivity index (χ3n) is 5.63. The van der Waals surface area contributed by atoms with Crippen molar-refractivity contribution in [2.75, 3.05) is 26.2 Å². The van der Waals surface area contributed by atoms with Crippen molar-refractivity contribution >= 4 is 0 Å². The fraction of sp³-hybridized carbons (Fsp3) is 1.00. The van der Waals surface area contributed by atoms with Gasteiger partial charge in [0.1, 0.15) is 0 Å². The Hall–Kier alpha value is -0.0800. The Balaban J connectivity index is 1.84. The van der Waals surface area contributed by atoms with Crippen LogP contribution in [0.1, 0.15) is 59.3 Å². The Morgan fingerprint density at radius 2 is 1.84 bits per heavy atom. The summed E-state index contributed by atoms with van der Waals surface area (Å²) in [6.45, 7) is 12.1. The average molecular weight is 266 g/mol. The summed E-state index contributed by atoms with van der Waals surface area (Å²) in [7, 11) is 0. The van der Waals surface area contributed by atoms with E-state index in [1.54, 1.807) is 0 Å². The molecule has 1 aliphatic heterocycles. The molecule has 2 heteroatoms. The van der Waals surface area contributed by atoms with Crippen LogP contribution in [-0.2, 0) is 0 Å². The first-order valence-electron chi connectivity index (χ1n) is 8.70. The lowest BCUT2D eigenvalue weighted by Crippen LogP contribution is -2.49. The van der Waals surface area contributed by atoms with Gasteiger partial charge in [-0.15, -0.1) is 0 Å². The van der Waals surface area contributed by atoms with Crippen LogP contribution in [0, 0.1) is 17.8 Å². The maximum atomic E-state index is 3.71. The molecular weight excluding hydrogens is 232 g/mol. The van der Waals surface area contributed by atoms with Crippen LogP contribution in [0.5, 0.6) is 0 Å². The Bertz CT molecular complexity index is 254. The van der Waals surface area contributed by atoms with Crippen LogP contribution < -0.4 is 5.32 Å². The zero-order valence-electron chi connectivity index (χ0n) is 13.3. The first kappa shape index (κ1) is 15.3. The molecule has 1 N–H and O–H groups in total. The SMILES string of the molecule is CCNC(CN1CCC2CCCCC2C1)C(C)CC. The number of rotatable bonds is 6. The van der Waals surface area contributed by atoms with Crippen molar-refractivity contribution in [3.05, 3.63) is 0 Å². The largest absolute Gasteiger partial charge is 0.313 e. The highest BCUT2D eigenvalue weighted by Crippen LogP contribution is 2.36. The Morgan fingerprint density at radius 1 is 1.11 bits per heavy atom. The van der Waals surface area contributed by atoms with Crippen LogP contribution in [0.4, 0.5) is 0 Å². The van der Waals surface area contributed by atoms with E-state index < -0.39 is 0 Å². The van der Waals surface area contributed by atoms with Crippen molar-refractivity contribution in [3.8, 4) is 0 Å². The fourth-order valence-electron chi connectivity index (χ4n) is 4.11. The summed E-state index contributed by atoms with van der Waals surface area (Å²) in [6, 6.07) is 0.690. The second-order valence-electron chi connectivity index (χ2n) is 6.90. The van der Waals surface area contributed by atoms with Crippen LogP contribution in [-0.4, -0.2) is 37.1 Å². The van der Waals surface area contributed by atoms with E-state index in [9.17, 15) is 0 Å². The minimum Gasteiger partial charge on any atom is -0.313 e. The summed E-state index contributed by atoms with van der Waals surface area (Å²) in [5.41, 5.74) is 0. The summed E-state index contributed by atoms with van der Waals surface area (Å²) in [4.78, 5) is 2.76. The van der Waals surface area contributed by atoms with Crippen LogP contribution in [0.3, 0.4) is 0 Å². The van der Waals surface area contributed by atoms with Crippen LogP contribution in [0.2, 0.25) is 0 Å². The molecule has 0 amide bonds. The molecule has 0 radical (unpaired) electrons. The van der Waals surface area contributed by atoms with Gasteiger partial charge in [-0.1, -0.05) is 46.5 Å². The molecule has 112 valence electrons. The van der Waals surface area contributed by atoms with Gasteiger partial charge in [0.2, 0.25) is 0 Å². The zero-order chi connectivity index (χ0) is 13.7. The number of likely N-dealkylation sites (tertiary alicyclic amines) is 1. The van der Waals surface area contributed by atoms with E-state index in [0.29, 0.717) is 6.04 Å². The number of nitrogens with one attached hydrogen (secondary N) is 1. The maximum Gasteiger partial charge on any atom is 0.0220 e. The standard InChI is InChI=1S/C17H34N2/c1-4-14(3)17(18-5-2)13-19-11-10-15-8-6-7-9-16(15)12-19/h14-18H,4-13H2,1-3H3. The van der Waals surface area contributed by atoms with Gasteiger partial charge in [0.05, 0.1) is 0 Å². The second kappa shape index (κ2) is 7.64. The minimum absolute atomic E-state index is 0.690. The van der Waals surface area contributed by atoms with Crippen molar-refractivity contribution in [1.82, 2.24) is 10.2 Å². The molecule has 4 atom stereocenters. The maximum absolute atomic E-state index is 3.71. The van der Waals surface area contributed by atoms with Crippen molar-refractivity contribution in [3.63, 3.8) is 0 Å². The Labute approximate surface area is 120 Å². The molecule has 2 rings (SSSR count). The number of hydrogen-bond acceptors (Lipinski definition) is 2. The van der Waals surface area contributed by atoms with Gasteiger partial charge >= 0.3 is 0 Å². The van der Waals surface area contributed by atoms with Gasteiger partial charge < -0.3 is 10.2 Å². The molecule has 2 aliphatic rings. The molecule has 1 heterocycles. The van der Waals surface area contributed by atoms with Crippen molar-refractivity contribution in [1.29, 1.82) is 0 Å². The van der Waals surface area contributed by atoms with Crippen LogP contribution >= 0.6 is 0 Å². The number of hydrogen-bond donors (Lipinski definition) is 1. The van der Waals surface area contributed by atoms with E-state index >= 15 is 0 Å². The number of nitrogens with zero attached hydrogens (tertiary/aromatic N) is 1. The number of piperidine rings is 1. The first-order valence-corrected chi connectivity index (χ1v) is 8.70. The molecule has 0 bridgehead atoms. The van der Waals surface area contributed by atoms with E-state index in [1.807, 2.05) is 0 Å². The first-order chi connectivity index (χ1) is 9.24. The summed E-state index contributed by atoms with van der Waals surface area (Å²) in [6.07, 6.45) is 8.74. The molecule has 4 unspecified atom stereocenters. The lowest BCUT2D eigenvalue weighted by Gasteiger charge is -2.43. The summed E-state index contributed by atoms with van der Waals surface area (Å²) >= 11 is 0. The van der Waals surface area contributed by atoms with E-state index in [-0.39, 0.29) is 0 Å². The Kier molecular flexibility index (Phi) is 6.15. The lowest BCUT2D eigenvalue weighted by atomic mass is 9.75. The van der Waals surface area contributed by atoms with Crippen molar-refractivity contribution in [2.45, 2.75) is 65.3 Å². The third-order valence-corrected chi connectivity index (χ3v) is 5.63. The monoisotopic (exact) mass is 266 g/mol. The summed E-state index contributed by atoms with van der Waals surface area (Å²) < 4.78 is 0. The molecule has 0 spiro atoms. The van der Waals surface area contributed by atoms with E-state index in [0.717, 1.165) is 24.3 Å². The molecule has 0 aromatic rings. The van der Waals surface area contributed by atoms with Gasteiger partial charge in [-0.3, -0.25) is 0 Å². The molecule has 2 fully saturated rings. The third kappa shape index (κ3) is 4.19. The minimum atomic E-state index is 0.690. The highest BCUT2D eigenvalue weighted by molar-refractivity contribution is 4.86. The number of fused-ring (bicyclic) bond motifs is 1. The average Bonchev–Trinajstić information content (AvgIpc) is 2.46. The lowest BCUT2D eigenvalue weighted by molar-refractivity contribution is 0.0744. The molecule has 1 saturated carbocycles. The zero-order valence-corrected chi connectivity index (χ0v) is 13.3. The van der Waals surface area contributed by atoms with Gasteiger partial charge in [-0.25, -0.2) is 0 Å². The Morgan fingerprint density at radius 3 is 2.53 bits per heavy atom. The van der Waals surface area contributed by atoms with Gasteiger partial charge in [-0.2, -0.15) is 0 Å². The predicted octanol–water partition coefficient (Wildman–Crippen LogP) is 3.52. The molecule has 0 aromatic carbocycles. The van der Waals surface area contributed by atoms with Crippen LogP contribution in [0.15, 0.2) is 0 Å². The van der Waals surface area contributed by atoms with Gasteiger partial charge in [-0.05, 0) is 43.7 Å². The second-order valence-corrected chi connectivity index (χ2v) is 6.90. The van der Waals surface area contributed by atoms with Crippen LogP contribution in [0.25, 0.3) is 0 Å².